The highest BCUT2D eigenvalue weighted by molar-refractivity contribution is 6.11. The van der Waals surface area contributed by atoms with E-state index in [1.165, 1.54) is 12.1 Å². The molecule has 0 unspecified atom stereocenters. The lowest BCUT2D eigenvalue weighted by atomic mass is 10.2. The molecule has 3 N–H and O–H groups in total. The minimum atomic E-state index is -0.404. The molecule has 0 aliphatic rings. The fourth-order valence-electron chi connectivity index (χ4n) is 3.15. The average Bonchev–Trinajstić information content (AvgIpc) is 2.95. The number of hydrogen-bond donors (Lipinski definition) is 2. The van der Waals surface area contributed by atoms with Crippen molar-refractivity contribution in [2.24, 2.45) is 5.92 Å². The van der Waals surface area contributed by atoms with E-state index in [-0.39, 0.29) is 23.2 Å². The summed E-state index contributed by atoms with van der Waals surface area (Å²) in [6.45, 7) is 4.52. The minimum Gasteiger partial charge on any atom is -0.384 e. The second kappa shape index (κ2) is 6.92. The van der Waals surface area contributed by atoms with Gasteiger partial charge in [0.25, 0.3) is 5.91 Å². The van der Waals surface area contributed by atoms with E-state index in [0.717, 1.165) is 0 Å². The molecule has 2 heterocycles. The minimum absolute atomic E-state index is 0.178. The van der Waals surface area contributed by atoms with Crippen LogP contribution in [0.2, 0.25) is 0 Å². The Hall–Kier alpha value is -3.48. The van der Waals surface area contributed by atoms with Crippen molar-refractivity contribution in [2.75, 3.05) is 12.3 Å². The fourth-order valence-corrected chi connectivity index (χ4v) is 3.15. The molecule has 4 rings (SSSR count). The summed E-state index contributed by atoms with van der Waals surface area (Å²) in [6, 6.07) is 13.4. The van der Waals surface area contributed by atoms with Crippen LogP contribution >= 0.6 is 0 Å². The third-order valence-corrected chi connectivity index (χ3v) is 4.46. The Kier molecular flexibility index (Phi) is 4.43. The van der Waals surface area contributed by atoms with Gasteiger partial charge in [0.15, 0.2) is 5.65 Å². The molecule has 0 atom stereocenters. The van der Waals surface area contributed by atoms with Crippen molar-refractivity contribution in [1.29, 1.82) is 0 Å². The van der Waals surface area contributed by atoms with E-state index < -0.39 is 5.82 Å². The maximum atomic E-state index is 13.8. The monoisotopic (exact) mass is 377 g/mol. The lowest BCUT2D eigenvalue weighted by Crippen LogP contribution is -2.28. The summed E-state index contributed by atoms with van der Waals surface area (Å²) < 4.78 is 15.4. The Balaban J connectivity index is 2.01. The number of carbonyl (C=O) groups excluding carboxylic acids is 1. The molecule has 0 saturated heterocycles. The van der Waals surface area contributed by atoms with Crippen molar-refractivity contribution in [1.82, 2.24) is 19.9 Å². The second-order valence-electron chi connectivity index (χ2n) is 7.06. The van der Waals surface area contributed by atoms with Gasteiger partial charge in [-0.25, -0.2) is 14.4 Å². The first-order valence-corrected chi connectivity index (χ1v) is 9.06. The Morgan fingerprint density at radius 2 is 1.86 bits per heavy atom. The van der Waals surface area contributed by atoms with Gasteiger partial charge in [0.2, 0.25) is 0 Å². The number of hydrogen-bond acceptors (Lipinski definition) is 4. The lowest BCUT2D eigenvalue weighted by Gasteiger charge is -2.09. The van der Waals surface area contributed by atoms with Gasteiger partial charge in [-0.05, 0) is 36.2 Å². The highest BCUT2D eigenvalue weighted by Gasteiger charge is 2.24. The van der Waals surface area contributed by atoms with Gasteiger partial charge in [0.05, 0.1) is 16.7 Å². The van der Waals surface area contributed by atoms with Crippen LogP contribution < -0.4 is 11.1 Å². The summed E-state index contributed by atoms with van der Waals surface area (Å²) in [5.41, 5.74) is 9.22. The van der Waals surface area contributed by atoms with Crippen molar-refractivity contribution < 1.29 is 9.18 Å². The Morgan fingerprint density at radius 1 is 1.14 bits per heavy atom. The maximum Gasteiger partial charge on any atom is 0.257 e. The van der Waals surface area contributed by atoms with Crippen LogP contribution in [-0.4, -0.2) is 27.0 Å². The van der Waals surface area contributed by atoms with Gasteiger partial charge < -0.3 is 11.1 Å². The molecule has 28 heavy (non-hydrogen) atoms. The van der Waals surface area contributed by atoms with Crippen LogP contribution in [0.1, 0.15) is 24.2 Å². The van der Waals surface area contributed by atoms with Crippen molar-refractivity contribution >= 4 is 33.9 Å². The number of nitrogen functional groups attached to an aromatic ring is 1. The molecule has 0 radical (unpaired) electrons. The number of benzene rings is 2. The van der Waals surface area contributed by atoms with Crippen LogP contribution in [0.3, 0.4) is 0 Å². The molecule has 0 saturated carbocycles. The number of rotatable bonds is 4. The first kappa shape index (κ1) is 17.9. The zero-order valence-electron chi connectivity index (χ0n) is 15.6. The van der Waals surface area contributed by atoms with Crippen molar-refractivity contribution in [3.05, 3.63) is 59.9 Å². The highest BCUT2D eigenvalue weighted by Crippen LogP contribution is 2.31. The Morgan fingerprint density at radius 3 is 2.54 bits per heavy atom. The van der Waals surface area contributed by atoms with Gasteiger partial charge in [0, 0.05) is 6.54 Å². The van der Waals surface area contributed by atoms with Crippen molar-refractivity contribution in [3.8, 4) is 5.69 Å². The number of fused-ring (bicyclic) bond motifs is 2. The predicted octanol–water partition coefficient (Wildman–Crippen LogP) is 3.68. The van der Waals surface area contributed by atoms with Gasteiger partial charge >= 0.3 is 0 Å². The molecule has 0 aliphatic carbocycles. The number of anilines is 1. The molecule has 0 fully saturated rings. The quantitative estimate of drug-likeness (QED) is 0.568. The third kappa shape index (κ3) is 3.05. The number of amides is 1. The fraction of sp³-hybridized carbons (Fsp3) is 0.190. The summed E-state index contributed by atoms with van der Waals surface area (Å²) in [5.74, 6) is -0.264. The van der Waals surface area contributed by atoms with E-state index in [1.54, 1.807) is 16.7 Å². The number of nitrogens with zero attached hydrogens (tertiary/aromatic N) is 3. The molecular weight excluding hydrogens is 357 g/mol. The molecule has 2 aromatic carbocycles. The zero-order valence-corrected chi connectivity index (χ0v) is 15.6. The van der Waals surface area contributed by atoms with Gasteiger partial charge in [-0.2, -0.15) is 0 Å². The van der Waals surface area contributed by atoms with Crippen molar-refractivity contribution in [3.63, 3.8) is 0 Å². The topological polar surface area (TPSA) is 85.8 Å². The number of nitrogens with one attached hydrogen (secondary N) is 1. The molecule has 0 aliphatic heterocycles. The predicted molar refractivity (Wildman–Crippen MR) is 108 cm³/mol. The van der Waals surface area contributed by atoms with Crippen LogP contribution in [0.4, 0.5) is 10.2 Å². The molecule has 0 bridgehead atoms. The summed E-state index contributed by atoms with van der Waals surface area (Å²) in [6.07, 6.45) is 0. The number of halogens is 1. The Bertz CT molecular complexity index is 1200. The third-order valence-electron chi connectivity index (χ3n) is 4.46. The van der Waals surface area contributed by atoms with Gasteiger partial charge in [-0.3, -0.25) is 9.36 Å². The van der Waals surface area contributed by atoms with E-state index in [9.17, 15) is 9.18 Å². The molecule has 142 valence electrons. The first-order chi connectivity index (χ1) is 13.5. The zero-order chi connectivity index (χ0) is 19.8. The number of nitrogens with two attached hydrogens (primary N) is 1. The van der Waals surface area contributed by atoms with Crippen LogP contribution in [0.15, 0.2) is 48.5 Å². The molecule has 1 amide bonds. The Labute approximate surface area is 161 Å². The molecule has 6 nitrogen and oxygen atoms in total. The largest absolute Gasteiger partial charge is 0.384 e. The normalized spacial score (nSPS) is 11.4. The SMILES string of the molecule is CC(C)CNC(=O)c1c(N)n(-c2cccc(F)c2)c2nc3ccccc3nc12. The standard InChI is InChI=1S/C21H20FN5O/c1-12(2)11-24-21(28)17-18-20(26-16-9-4-3-8-15(16)25-18)27(19(17)23)14-7-5-6-13(22)10-14/h3-10,12H,11,23H2,1-2H3,(H,24,28). The smallest absolute Gasteiger partial charge is 0.257 e. The highest BCUT2D eigenvalue weighted by atomic mass is 19.1. The van der Waals surface area contributed by atoms with Crippen LogP contribution in [0, 0.1) is 11.7 Å². The van der Waals surface area contributed by atoms with E-state index >= 15 is 0 Å². The lowest BCUT2D eigenvalue weighted by molar-refractivity contribution is 0.0951. The van der Waals surface area contributed by atoms with E-state index in [2.05, 4.69) is 15.3 Å². The molecule has 4 aromatic rings. The summed E-state index contributed by atoms with van der Waals surface area (Å²) in [5, 5.41) is 2.88. The van der Waals surface area contributed by atoms with Crippen LogP contribution in [-0.2, 0) is 0 Å². The summed E-state index contributed by atoms with van der Waals surface area (Å²) >= 11 is 0. The van der Waals surface area contributed by atoms with Gasteiger partial charge in [0.1, 0.15) is 22.7 Å². The number of carbonyl (C=O) groups is 1. The first-order valence-electron chi connectivity index (χ1n) is 9.06. The summed E-state index contributed by atoms with van der Waals surface area (Å²) in [4.78, 5) is 22.2. The second-order valence-corrected chi connectivity index (χ2v) is 7.06. The van der Waals surface area contributed by atoms with Crippen molar-refractivity contribution in [2.45, 2.75) is 13.8 Å². The molecular formula is C21H20FN5O. The van der Waals surface area contributed by atoms with E-state index in [0.29, 0.717) is 34.4 Å². The molecule has 0 spiro atoms. The van der Waals surface area contributed by atoms with E-state index in [1.807, 2.05) is 38.1 Å². The van der Waals surface area contributed by atoms with Gasteiger partial charge in [-0.15, -0.1) is 0 Å². The maximum absolute atomic E-state index is 13.8. The molecule has 7 heteroatoms. The molecule has 2 aromatic heterocycles. The number of aromatic nitrogens is 3. The van der Waals surface area contributed by atoms with Gasteiger partial charge in [-0.1, -0.05) is 32.0 Å². The van der Waals surface area contributed by atoms with Crippen LogP contribution in [0.25, 0.3) is 27.9 Å². The summed E-state index contributed by atoms with van der Waals surface area (Å²) in [7, 11) is 0. The number of para-hydroxylation sites is 2. The van der Waals surface area contributed by atoms with Crippen LogP contribution in [0.5, 0.6) is 0 Å². The van der Waals surface area contributed by atoms with E-state index in [4.69, 9.17) is 5.73 Å². The average molecular weight is 377 g/mol.